The molecule has 6 heteroatoms. The molecule has 0 aliphatic carbocycles. The van der Waals surface area contributed by atoms with Gasteiger partial charge < -0.3 is 14.2 Å². The first-order valence-corrected chi connectivity index (χ1v) is 15.5. The van der Waals surface area contributed by atoms with Gasteiger partial charge in [-0.2, -0.15) is 0 Å². The Morgan fingerprint density at radius 3 is 1.83 bits per heavy atom. The molecule has 0 atom stereocenters. The van der Waals surface area contributed by atoms with Gasteiger partial charge in [-0.3, -0.25) is 0 Å². The van der Waals surface area contributed by atoms with E-state index >= 15 is 0 Å². The topological polar surface area (TPSA) is 61.8 Å². The third kappa shape index (κ3) is 10.6. The fourth-order valence-electron chi connectivity index (χ4n) is 4.65. The summed E-state index contributed by atoms with van der Waals surface area (Å²) in [6, 6.07) is 18.6. The van der Waals surface area contributed by atoms with Crippen LogP contribution in [-0.4, -0.2) is 24.6 Å². The number of carbonyl (C=O) groups excluding carboxylic acids is 2. The van der Waals surface area contributed by atoms with E-state index in [9.17, 15) is 14.0 Å². The molecular formula is C36H45FO5. The van der Waals surface area contributed by atoms with Gasteiger partial charge in [-0.15, -0.1) is 0 Å². The summed E-state index contributed by atoms with van der Waals surface area (Å²) in [5.74, 6) is -1.45. The summed E-state index contributed by atoms with van der Waals surface area (Å²) in [6.07, 6.45) is 11.3. The molecule has 0 unspecified atom stereocenters. The maximum absolute atomic E-state index is 14.8. The predicted octanol–water partition coefficient (Wildman–Crippen LogP) is 9.97. The third-order valence-corrected chi connectivity index (χ3v) is 7.23. The quantitative estimate of drug-likeness (QED) is 0.0857. The lowest BCUT2D eigenvalue weighted by atomic mass is 10.0. The Hall–Kier alpha value is -3.67. The van der Waals surface area contributed by atoms with Gasteiger partial charge in [0.1, 0.15) is 11.9 Å². The number of esters is 2. The highest BCUT2D eigenvalue weighted by atomic mass is 19.1. The van der Waals surface area contributed by atoms with Crippen LogP contribution in [0.25, 0.3) is 11.1 Å². The lowest BCUT2D eigenvalue weighted by Gasteiger charge is -2.17. The van der Waals surface area contributed by atoms with Crippen LogP contribution < -0.4 is 9.47 Å². The second-order valence-corrected chi connectivity index (χ2v) is 10.7. The van der Waals surface area contributed by atoms with E-state index in [-0.39, 0.29) is 17.4 Å². The Morgan fingerprint density at radius 1 is 0.667 bits per heavy atom. The van der Waals surface area contributed by atoms with Gasteiger partial charge in [0.15, 0.2) is 11.6 Å². The normalized spacial score (nSPS) is 11.0. The van der Waals surface area contributed by atoms with Crippen LogP contribution in [0.3, 0.4) is 0 Å². The Kier molecular flexibility index (Phi) is 14.1. The number of unbranched alkanes of at least 4 members (excludes halogenated alkanes) is 6. The fraction of sp³-hybridized carbons (Fsp3) is 0.444. The molecule has 3 aromatic rings. The van der Waals surface area contributed by atoms with Crippen molar-refractivity contribution < 1.29 is 28.2 Å². The third-order valence-electron chi connectivity index (χ3n) is 7.23. The molecule has 0 amide bonds. The van der Waals surface area contributed by atoms with Crippen LogP contribution in [0.15, 0.2) is 66.7 Å². The minimum atomic E-state index is -0.795. The Bertz CT molecular complexity index is 1230. The second kappa shape index (κ2) is 18.0. The number of rotatable bonds is 18. The zero-order valence-electron chi connectivity index (χ0n) is 25.3. The minimum Gasteiger partial charge on any atom is -0.494 e. The van der Waals surface area contributed by atoms with Crippen molar-refractivity contribution in [2.24, 2.45) is 0 Å². The van der Waals surface area contributed by atoms with Crippen LogP contribution in [0.1, 0.15) is 112 Å². The number of carbonyl (C=O) groups is 2. The molecule has 3 rings (SSSR count). The molecule has 0 aromatic heterocycles. The van der Waals surface area contributed by atoms with Crippen molar-refractivity contribution in [2.75, 3.05) is 6.61 Å². The van der Waals surface area contributed by atoms with Crippen molar-refractivity contribution in [3.63, 3.8) is 0 Å². The van der Waals surface area contributed by atoms with Gasteiger partial charge in [0.25, 0.3) is 0 Å². The Labute approximate surface area is 250 Å². The molecule has 3 aromatic carbocycles. The zero-order valence-corrected chi connectivity index (χ0v) is 25.3. The van der Waals surface area contributed by atoms with Crippen molar-refractivity contribution in [1.82, 2.24) is 0 Å². The van der Waals surface area contributed by atoms with Gasteiger partial charge >= 0.3 is 11.9 Å². The molecule has 0 fully saturated rings. The summed E-state index contributed by atoms with van der Waals surface area (Å²) >= 11 is 0. The molecule has 0 aliphatic heterocycles. The van der Waals surface area contributed by atoms with E-state index in [0.717, 1.165) is 67.9 Å². The molecule has 0 spiro atoms. The molecular weight excluding hydrogens is 531 g/mol. The lowest BCUT2D eigenvalue weighted by Crippen LogP contribution is -2.19. The molecule has 42 heavy (non-hydrogen) atoms. The van der Waals surface area contributed by atoms with Crippen LogP contribution in [0.5, 0.6) is 11.5 Å². The van der Waals surface area contributed by atoms with E-state index in [1.54, 1.807) is 12.1 Å². The van der Waals surface area contributed by atoms with E-state index in [1.165, 1.54) is 37.8 Å². The smallest absolute Gasteiger partial charge is 0.343 e. The molecule has 226 valence electrons. The van der Waals surface area contributed by atoms with Gasteiger partial charge in [-0.1, -0.05) is 96.4 Å². The van der Waals surface area contributed by atoms with Gasteiger partial charge in [-0.05, 0) is 72.9 Å². The monoisotopic (exact) mass is 576 g/mol. The molecule has 0 saturated carbocycles. The second-order valence-electron chi connectivity index (χ2n) is 10.7. The number of benzene rings is 3. The molecule has 0 bridgehead atoms. The minimum absolute atomic E-state index is 0.0954. The SMILES string of the molecule is CCCCCCCOc1ccc(-c2ccc(C(=O)Oc3ccc(C(=O)OC(CCCC)CCCC)cc3F)cc2)cc1. The van der Waals surface area contributed by atoms with E-state index < -0.39 is 17.8 Å². The number of halogens is 1. The van der Waals surface area contributed by atoms with Gasteiger partial charge in [0.05, 0.1) is 17.7 Å². The lowest BCUT2D eigenvalue weighted by molar-refractivity contribution is 0.0250. The first-order valence-electron chi connectivity index (χ1n) is 15.5. The highest BCUT2D eigenvalue weighted by molar-refractivity contribution is 5.92. The summed E-state index contributed by atoms with van der Waals surface area (Å²) < 4.78 is 31.6. The summed E-state index contributed by atoms with van der Waals surface area (Å²) in [5, 5.41) is 0. The molecule has 0 radical (unpaired) electrons. The molecule has 0 N–H and O–H groups in total. The van der Waals surface area contributed by atoms with Crippen LogP contribution in [-0.2, 0) is 4.74 Å². The largest absolute Gasteiger partial charge is 0.494 e. The summed E-state index contributed by atoms with van der Waals surface area (Å²) in [5.41, 5.74) is 2.31. The maximum Gasteiger partial charge on any atom is 0.343 e. The number of hydrogen-bond acceptors (Lipinski definition) is 5. The van der Waals surface area contributed by atoms with Crippen molar-refractivity contribution >= 4 is 11.9 Å². The maximum atomic E-state index is 14.8. The zero-order chi connectivity index (χ0) is 30.2. The standard InChI is InChI=1S/C36H45FO5/c1-4-7-10-11-12-25-40-31-22-19-28(20-23-31)27-15-17-29(18-16-27)35(38)42-34-24-21-30(26-33(34)37)36(39)41-32(13-8-5-2)14-9-6-3/h15-24,26,32H,4-14,25H2,1-3H3. The predicted molar refractivity (Wildman–Crippen MR) is 166 cm³/mol. The summed E-state index contributed by atoms with van der Waals surface area (Å²) in [7, 11) is 0. The van der Waals surface area contributed by atoms with Crippen molar-refractivity contribution in [2.45, 2.75) is 97.5 Å². The molecule has 0 saturated heterocycles. The fourth-order valence-corrected chi connectivity index (χ4v) is 4.65. The highest BCUT2D eigenvalue weighted by Crippen LogP contribution is 2.25. The highest BCUT2D eigenvalue weighted by Gasteiger charge is 2.19. The van der Waals surface area contributed by atoms with E-state index in [1.807, 2.05) is 36.4 Å². The average molecular weight is 577 g/mol. The van der Waals surface area contributed by atoms with Gasteiger partial charge in [0, 0.05) is 0 Å². The van der Waals surface area contributed by atoms with Crippen molar-refractivity contribution in [3.05, 3.63) is 83.7 Å². The van der Waals surface area contributed by atoms with Gasteiger partial charge in [-0.25, -0.2) is 14.0 Å². The Balaban J connectivity index is 1.54. The van der Waals surface area contributed by atoms with E-state index in [4.69, 9.17) is 14.2 Å². The van der Waals surface area contributed by atoms with Crippen molar-refractivity contribution in [3.8, 4) is 22.6 Å². The van der Waals surface area contributed by atoms with Crippen LogP contribution in [0.4, 0.5) is 4.39 Å². The first-order chi connectivity index (χ1) is 20.4. The number of hydrogen-bond donors (Lipinski definition) is 0. The van der Waals surface area contributed by atoms with Crippen molar-refractivity contribution in [1.29, 1.82) is 0 Å². The van der Waals surface area contributed by atoms with Gasteiger partial charge in [0.2, 0.25) is 0 Å². The first kappa shape index (κ1) is 32.8. The summed E-state index contributed by atoms with van der Waals surface area (Å²) in [6.45, 7) is 7.10. The van der Waals surface area contributed by atoms with E-state index in [0.29, 0.717) is 12.2 Å². The number of ether oxygens (including phenoxy) is 3. The van der Waals surface area contributed by atoms with Crippen LogP contribution >= 0.6 is 0 Å². The Morgan fingerprint density at radius 2 is 1.24 bits per heavy atom. The van der Waals surface area contributed by atoms with Crippen LogP contribution in [0.2, 0.25) is 0 Å². The molecule has 5 nitrogen and oxygen atoms in total. The summed E-state index contributed by atoms with van der Waals surface area (Å²) in [4.78, 5) is 25.4. The average Bonchev–Trinajstić information content (AvgIpc) is 3.01. The van der Waals surface area contributed by atoms with E-state index in [2.05, 4.69) is 20.8 Å². The molecule has 0 aliphatic rings. The van der Waals surface area contributed by atoms with Crippen LogP contribution in [0, 0.1) is 5.82 Å². The molecule has 0 heterocycles.